The van der Waals surface area contributed by atoms with Crippen LogP contribution in [0.25, 0.3) is 0 Å². The molecule has 0 saturated heterocycles. The van der Waals surface area contributed by atoms with Crippen LogP contribution in [-0.2, 0) is 17.7 Å². The van der Waals surface area contributed by atoms with Crippen molar-refractivity contribution in [3.8, 4) is 0 Å². The molecule has 1 heterocycles. The smallest absolute Gasteiger partial charge is 0.339 e. The van der Waals surface area contributed by atoms with Crippen LogP contribution in [0.2, 0.25) is 0 Å². The number of methoxy groups -OCH3 is 1. The lowest BCUT2D eigenvalue weighted by Gasteiger charge is -2.05. The van der Waals surface area contributed by atoms with E-state index in [-0.39, 0.29) is 18.3 Å². The zero-order chi connectivity index (χ0) is 17.0. The Balaban J connectivity index is 2.19. The van der Waals surface area contributed by atoms with E-state index in [1.54, 1.807) is 19.1 Å². The van der Waals surface area contributed by atoms with Crippen molar-refractivity contribution in [2.75, 3.05) is 7.11 Å². The second kappa shape index (κ2) is 7.09. The number of hydrogen-bond donors (Lipinski definition) is 2. The second-order valence-electron chi connectivity index (χ2n) is 5.14. The van der Waals surface area contributed by atoms with Crippen molar-refractivity contribution in [2.45, 2.75) is 26.8 Å². The number of hydrogen-bond acceptors (Lipinski definition) is 3. The normalized spacial score (nSPS) is 10.4. The van der Waals surface area contributed by atoms with Crippen LogP contribution in [0.3, 0.4) is 0 Å². The van der Waals surface area contributed by atoms with Gasteiger partial charge < -0.3 is 15.0 Å². The Bertz CT molecular complexity index is 737. The first-order chi connectivity index (χ1) is 11.0. The monoisotopic (exact) mass is 318 g/mol. The predicted molar refractivity (Wildman–Crippen MR) is 83.8 cm³/mol. The zero-order valence-corrected chi connectivity index (χ0v) is 13.3. The Morgan fingerprint density at radius 2 is 2.09 bits per heavy atom. The second-order valence-corrected chi connectivity index (χ2v) is 5.14. The molecule has 1 aromatic carbocycles. The highest BCUT2D eigenvalue weighted by Crippen LogP contribution is 2.20. The lowest BCUT2D eigenvalue weighted by molar-refractivity contribution is 0.0599. The van der Waals surface area contributed by atoms with Crippen LogP contribution in [0, 0.1) is 12.7 Å². The summed E-state index contributed by atoms with van der Waals surface area (Å²) in [6, 6.07) is 6.01. The molecular weight excluding hydrogens is 299 g/mol. The van der Waals surface area contributed by atoms with Crippen molar-refractivity contribution >= 4 is 11.9 Å². The summed E-state index contributed by atoms with van der Waals surface area (Å²) in [7, 11) is 1.30. The van der Waals surface area contributed by atoms with E-state index in [4.69, 9.17) is 4.74 Å². The minimum absolute atomic E-state index is 0.198. The van der Waals surface area contributed by atoms with Crippen LogP contribution < -0.4 is 5.32 Å². The number of aromatic amines is 1. The number of amides is 1. The number of halogens is 1. The molecule has 0 radical (unpaired) electrons. The van der Waals surface area contributed by atoms with E-state index in [1.807, 2.05) is 6.92 Å². The van der Waals surface area contributed by atoms with Gasteiger partial charge in [-0.3, -0.25) is 4.79 Å². The topological polar surface area (TPSA) is 71.2 Å². The van der Waals surface area contributed by atoms with Crippen LogP contribution >= 0.6 is 0 Å². The van der Waals surface area contributed by atoms with Gasteiger partial charge in [0, 0.05) is 12.2 Å². The van der Waals surface area contributed by atoms with Crippen molar-refractivity contribution in [2.24, 2.45) is 0 Å². The zero-order valence-electron chi connectivity index (χ0n) is 13.3. The van der Waals surface area contributed by atoms with Gasteiger partial charge in [0.15, 0.2) is 0 Å². The van der Waals surface area contributed by atoms with Gasteiger partial charge in [-0.25, -0.2) is 9.18 Å². The number of ether oxygens (including phenoxy) is 1. The maximum Gasteiger partial charge on any atom is 0.339 e. The van der Waals surface area contributed by atoms with Crippen molar-refractivity contribution in [1.82, 2.24) is 10.3 Å². The fraction of sp³-hybridized carbons (Fsp3) is 0.294. The fourth-order valence-electron chi connectivity index (χ4n) is 2.45. The molecule has 1 amide bonds. The summed E-state index contributed by atoms with van der Waals surface area (Å²) in [4.78, 5) is 27.2. The number of H-pyrrole nitrogens is 1. The maximum absolute atomic E-state index is 13.1. The molecule has 0 bridgehead atoms. The van der Waals surface area contributed by atoms with E-state index in [9.17, 15) is 14.0 Å². The van der Waals surface area contributed by atoms with Crippen LogP contribution in [0.15, 0.2) is 24.3 Å². The van der Waals surface area contributed by atoms with Crippen molar-refractivity contribution in [1.29, 1.82) is 0 Å². The van der Waals surface area contributed by atoms with Gasteiger partial charge in [0.1, 0.15) is 11.5 Å². The summed E-state index contributed by atoms with van der Waals surface area (Å²) >= 11 is 0. The van der Waals surface area contributed by atoms with Crippen molar-refractivity contribution in [3.05, 3.63) is 58.2 Å². The van der Waals surface area contributed by atoms with E-state index in [2.05, 4.69) is 10.3 Å². The van der Waals surface area contributed by atoms with Crippen LogP contribution in [0.1, 0.15) is 44.6 Å². The van der Waals surface area contributed by atoms with Crippen LogP contribution in [0.5, 0.6) is 0 Å². The average molecular weight is 318 g/mol. The largest absolute Gasteiger partial charge is 0.465 e. The quantitative estimate of drug-likeness (QED) is 0.833. The Labute approximate surface area is 133 Å². The van der Waals surface area contributed by atoms with Gasteiger partial charge in [-0.1, -0.05) is 19.1 Å². The fourth-order valence-corrected chi connectivity index (χ4v) is 2.45. The summed E-state index contributed by atoms with van der Waals surface area (Å²) in [5.41, 5.74) is 2.58. The first-order valence-corrected chi connectivity index (χ1v) is 7.30. The molecule has 5 nitrogen and oxygen atoms in total. The first kappa shape index (κ1) is 16.7. The SMILES string of the molecule is CCc1[nH]c(C(=O)NCc2cccc(F)c2)c(C)c1C(=O)OC. The van der Waals surface area contributed by atoms with Gasteiger partial charge in [-0.05, 0) is 36.6 Å². The Morgan fingerprint density at radius 1 is 1.35 bits per heavy atom. The lowest BCUT2D eigenvalue weighted by atomic mass is 10.1. The number of carbonyl (C=O) groups excluding carboxylic acids is 2. The van der Waals surface area contributed by atoms with Gasteiger partial charge >= 0.3 is 5.97 Å². The highest BCUT2D eigenvalue weighted by molar-refractivity contribution is 6.00. The van der Waals surface area contributed by atoms with Gasteiger partial charge in [-0.2, -0.15) is 0 Å². The standard InChI is InChI=1S/C17H19FN2O3/c1-4-13-14(17(22)23-3)10(2)15(20-13)16(21)19-9-11-6-5-7-12(18)8-11/h5-8,20H,4,9H2,1-3H3,(H,19,21). The highest BCUT2D eigenvalue weighted by Gasteiger charge is 2.23. The number of carbonyl (C=O) groups is 2. The van der Waals surface area contributed by atoms with Gasteiger partial charge in [0.05, 0.1) is 12.7 Å². The molecule has 0 aliphatic heterocycles. The summed E-state index contributed by atoms with van der Waals surface area (Å²) in [5.74, 6) is -1.18. The van der Waals surface area contributed by atoms with Gasteiger partial charge in [0.2, 0.25) is 0 Å². The maximum atomic E-state index is 13.1. The molecule has 0 spiro atoms. The third-order valence-electron chi connectivity index (χ3n) is 3.64. The molecule has 122 valence electrons. The molecule has 2 N–H and O–H groups in total. The molecule has 0 aliphatic rings. The van der Waals surface area contributed by atoms with E-state index < -0.39 is 5.97 Å². The summed E-state index contributed by atoms with van der Waals surface area (Å²) in [6.07, 6.45) is 0.572. The Hall–Kier alpha value is -2.63. The van der Waals surface area contributed by atoms with E-state index in [0.717, 1.165) is 0 Å². The first-order valence-electron chi connectivity index (χ1n) is 7.30. The summed E-state index contributed by atoms with van der Waals surface area (Å²) in [5, 5.41) is 2.72. The Kier molecular flexibility index (Phi) is 5.16. The summed E-state index contributed by atoms with van der Waals surface area (Å²) in [6.45, 7) is 3.77. The Morgan fingerprint density at radius 3 is 2.70 bits per heavy atom. The molecule has 6 heteroatoms. The van der Waals surface area contributed by atoms with Crippen LogP contribution in [-0.4, -0.2) is 24.0 Å². The van der Waals surface area contributed by atoms with E-state index in [1.165, 1.54) is 19.2 Å². The van der Waals surface area contributed by atoms with Crippen molar-refractivity contribution < 1.29 is 18.7 Å². The van der Waals surface area contributed by atoms with E-state index in [0.29, 0.717) is 34.5 Å². The lowest BCUT2D eigenvalue weighted by Crippen LogP contribution is -2.24. The number of nitrogens with one attached hydrogen (secondary N) is 2. The van der Waals surface area contributed by atoms with Gasteiger partial charge in [-0.15, -0.1) is 0 Å². The molecule has 0 saturated carbocycles. The summed E-state index contributed by atoms with van der Waals surface area (Å²) < 4.78 is 17.9. The molecular formula is C17H19FN2O3. The number of rotatable bonds is 5. The third-order valence-corrected chi connectivity index (χ3v) is 3.64. The molecule has 23 heavy (non-hydrogen) atoms. The highest BCUT2D eigenvalue weighted by atomic mass is 19.1. The van der Waals surface area contributed by atoms with E-state index >= 15 is 0 Å². The molecule has 1 aromatic heterocycles. The average Bonchev–Trinajstić information content (AvgIpc) is 2.88. The van der Waals surface area contributed by atoms with Crippen molar-refractivity contribution in [3.63, 3.8) is 0 Å². The minimum atomic E-state index is -0.472. The number of aromatic nitrogens is 1. The number of esters is 1. The van der Waals surface area contributed by atoms with Gasteiger partial charge in [0.25, 0.3) is 5.91 Å². The third kappa shape index (κ3) is 3.59. The minimum Gasteiger partial charge on any atom is -0.465 e. The molecule has 0 unspecified atom stereocenters. The molecule has 0 aliphatic carbocycles. The molecule has 2 rings (SSSR count). The molecule has 0 atom stereocenters. The predicted octanol–water partition coefficient (Wildman–Crippen LogP) is 2.74. The molecule has 2 aromatic rings. The number of aryl methyl sites for hydroxylation is 1. The molecule has 0 fully saturated rings. The van der Waals surface area contributed by atoms with Crippen LogP contribution in [0.4, 0.5) is 4.39 Å². The number of benzene rings is 1.